The SMILES string of the molecule is Cn1nc(-c2c(F)cc(Cl)c3c2NC(=O)CO3)c(Br)c1C(F)(F)F. The van der Waals surface area contributed by atoms with Crippen LogP contribution in [0.1, 0.15) is 5.69 Å². The van der Waals surface area contributed by atoms with Crippen molar-refractivity contribution in [3.8, 4) is 17.0 Å². The van der Waals surface area contributed by atoms with Crippen LogP contribution in [0.5, 0.6) is 5.75 Å². The lowest BCUT2D eigenvalue weighted by molar-refractivity contribution is -0.144. The summed E-state index contributed by atoms with van der Waals surface area (Å²) in [7, 11) is 1.08. The molecule has 0 saturated carbocycles. The third kappa shape index (κ3) is 2.63. The Morgan fingerprint density at radius 2 is 2.12 bits per heavy atom. The van der Waals surface area contributed by atoms with E-state index in [2.05, 4.69) is 26.3 Å². The maximum absolute atomic E-state index is 14.4. The molecule has 1 aromatic carbocycles. The minimum atomic E-state index is -4.71. The van der Waals surface area contributed by atoms with Crippen LogP contribution < -0.4 is 10.1 Å². The summed E-state index contributed by atoms with van der Waals surface area (Å²) in [5.74, 6) is -1.57. The van der Waals surface area contributed by atoms with Crippen molar-refractivity contribution in [2.24, 2.45) is 7.05 Å². The molecule has 1 amide bonds. The van der Waals surface area contributed by atoms with Gasteiger partial charge in [0.15, 0.2) is 18.1 Å². The average molecular weight is 429 g/mol. The van der Waals surface area contributed by atoms with Gasteiger partial charge in [-0.15, -0.1) is 0 Å². The molecule has 2 aromatic rings. The van der Waals surface area contributed by atoms with Gasteiger partial charge in [-0.1, -0.05) is 11.6 Å². The van der Waals surface area contributed by atoms with E-state index in [0.717, 1.165) is 13.1 Å². The molecule has 0 spiro atoms. The van der Waals surface area contributed by atoms with Gasteiger partial charge >= 0.3 is 6.18 Å². The van der Waals surface area contributed by atoms with Crippen LogP contribution in [0.3, 0.4) is 0 Å². The number of anilines is 1. The monoisotopic (exact) mass is 427 g/mol. The molecular formula is C13H7BrClF4N3O2. The van der Waals surface area contributed by atoms with E-state index in [1.807, 2.05) is 0 Å². The summed E-state index contributed by atoms with van der Waals surface area (Å²) in [6.07, 6.45) is -4.71. The van der Waals surface area contributed by atoms with Gasteiger partial charge in [0.2, 0.25) is 0 Å². The molecule has 0 fully saturated rings. The standard InChI is InChI=1S/C13H7BrClF4N3O2/c1-22-12(13(17,18)19)8(14)9(21-22)7-5(16)2-4(15)11-10(7)20-6(23)3-24-11/h2H,3H2,1H3,(H,20,23). The van der Waals surface area contributed by atoms with Crippen LogP contribution in [0.2, 0.25) is 5.02 Å². The molecule has 0 radical (unpaired) electrons. The molecular weight excluding hydrogens is 422 g/mol. The summed E-state index contributed by atoms with van der Waals surface area (Å²) in [5.41, 5.74) is -1.94. The molecule has 2 heterocycles. The van der Waals surface area contributed by atoms with Crippen LogP contribution in [-0.2, 0) is 18.0 Å². The van der Waals surface area contributed by atoms with E-state index in [1.54, 1.807) is 0 Å². The lowest BCUT2D eigenvalue weighted by Crippen LogP contribution is -2.26. The zero-order valence-corrected chi connectivity index (χ0v) is 14.1. The Hall–Kier alpha value is -1.81. The topological polar surface area (TPSA) is 56.2 Å². The van der Waals surface area contributed by atoms with Gasteiger partial charge in [0.1, 0.15) is 11.5 Å². The first-order valence-electron chi connectivity index (χ1n) is 6.36. The molecule has 0 unspecified atom stereocenters. The van der Waals surface area contributed by atoms with Gasteiger partial charge in [-0.2, -0.15) is 18.3 Å². The second-order valence-corrected chi connectivity index (χ2v) is 6.09. The molecule has 0 atom stereocenters. The average Bonchev–Trinajstić information content (AvgIpc) is 2.73. The molecule has 0 aliphatic carbocycles. The van der Waals surface area contributed by atoms with E-state index in [-0.39, 0.29) is 34.3 Å². The normalized spacial score (nSPS) is 14.2. The summed E-state index contributed by atoms with van der Waals surface area (Å²) in [6, 6.07) is 0.890. The smallest absolute Gasteiger partial charge is 0.434 e. The van der Waals surface area contributed by atoms with Gasteiger partial charge in [-0.05, 0) is 22.0 Å². The van der Waals surface area contributed by atoms with Crippen molar-refractivity contribution >= 4 is 39.1 Å². The van der Waals surface area contributed by atoms with Gasteiger partial charge in [0, 0.05) is 7.05 Å². The molecule has 0 bridgehead atoms. The summed E-state index contributed by atoms with van der Waals surface area (Å²) < 4.78 is 59.0. The number of ether oxygens (including phenoxy) is 1. The number of amides is 1. The van der Waals surface area contributed by atoms with E-state index in [4.69, 9.17) is 16.3 Å². The number of alkyl halides is 3. The van der Waals surface area contributed by atoms with E-state index in [1.165, 1.54) is 0 Å². The van der Waals surface area contributed by atoms with E-state index in [9.17, 15) is 22.4 Å². The largest absolute Gasteiger partial charge is 0.480 e. The Labute approximate surface area is 145 Å². The fraction of sp³-hybridized carbons (Fsp3) is 0.231. The first-order chi connectivity index (χ1) is 11.1. The quantitative estimate of drug-likeness (QED) is 0.699. The van der Waals surface area contributed by atoms with Crippen molar-refractivity contribution in [3.05, 3.63) is 27.1 Å². The second-order valence-electron chi connectivity index (χ2n) is 4.89. The number of hydrogen-bond acceptors (Lipinski definition) is 3. The number of aryl methyl sites for hydroxylation is 1. The highest BCUT2D eigenvalue weighted by molar-refractivity contribution is 9.10. The van der Waals surface area contributed by atoms with Gasteiger partial charge < -0.3 is 10.1 Å². The van der Waals surface area contributed by atoms with Crippen molar-refractivity contribution in [2.45, 2.75) is 6.18 Å². The van der Waals surface area contributed by atoms with Crippen LogP contribution in [0, 0.1) is 5.82 Å². The molecule has 0 saturated heterocycles. The van der Waals surface area contributed by atoms with Crippen molar-refractivity contribution in [3.63, 3.8) is 0 Å². The molecule has 1 aliphatic heterocycles. The van der Waals surface area contributed by atoms with Crippen LogP contribution in [0.25, 0.3) is 11.3 Å². The zero-order valence-electron chi connectivity index (χ0n) is 11.8. The Bertz CT molecular complexity index is 866. The van der Waals surface area contributed by atoms with Crippen molar-refractivity contribution in [1.82, 2.24) is 9.78 Å². The van der Waals surface area contributed by atoms with Crippen LogP contribution in [0.4, 0.5) is 23.2 Å². The molecule has 128 valence electrons. The van der Waals surface area contributed by atoms with Crippen LogP contribution in [-0.4, -0.2) is 22.3 Å². The minimum Gasteiger partial charge on any atom is -0.480 e. The number of halogens is 6. The Morgan fingerprint density at radius 1 is 1.46 bits per heavy atom. The third-order valence-corrected chi connectivity index (χ3v) is 4.32. The van der Waals surface area contributed by atoms with E-state index >= 15 is 0 Å². The number of nitrogens with zero attached hydrogens (tertiary/aromatic N) is 2. The van der Waals surface area contributed by atoms with Crippen molar-refractivity contribution < 1.29 is 27.1 Å². The summed E-state index contributed by atoms with van der Waals surface area (Å²) >= 11 is 8.68. The Balaban J connectivity index is 2.31. The van der Waals surface area contributed by atoms with Crippen LogP contribution in [0.15, 0.2) is 10.5 Å². The number of rotatable bonds is 1. The highest BCUT2D eigenvalue weighted by atomic mass is 79.9. The predicted molar refractivity (Wildman–Crippen MR) is 80.4 cm³/mol. The van der Waals surface area contributed by atoms with Gasteiger partial charge in [-0.3, -0.25) is 9.48 Å². The fourth-order valence-corrected chi connectivity index (χ4v) is 3.38. The minimum absolute atomic E-state index is 0.0289. The lowest BCUT2D eigenvalue weighted by atomic mass is 10.1. The van der Waals surface area contributed by atoms with Crippen molar-refractivity contribution in [1.29, 1.82) is 0 Å². The summed E-state index contributed by atoms with van der Waals surface area (Å²) in [4.78, 5) is 11.5. The Morgan fingerprint density at radius 3 is 2.71 bits per heavy atom. The van der Waals surface area contributed by atoms with E-state index in [0.29, 0.717) is 4.68 Å². The van der Waals surface area contributed by atoms with Crippen molar-refractivity contribution in [2.75, 3.05) is 11.9 Å². The number of carbonyl (C=O) groups is 1. The lowest BCUT2D eigenvalue weighted by Gasteiger charge is -2.22. The highest BCUT2D eigenvalue weighted by Crippen LogP contribution is 2.47. The van der Waals surface area contributed by atoms with Crippen LogP contribution >= 0.6 is 27.5 Å². The number of carbonyl (C=O) groups excluding carboxylic acids is 1. The number of benzene rings is 1. The number of nitrogens with one attached hydrogen (secondary N) is 1. The molecule has 1 aliphatic rings. The van der Waals surface area contributed by atoms with Gasteiger partial charge in [-0.25, -0.2) is 4.39 Å². The summed E-state index contributed by atoms with van der Waals surface area (Å²) in [6.45, 7) is -0.338. The first-order valence-corrected chi connectivity index (χ1v) is 7.53. The number of aromatic nitrogens is 2. The zero-order chi connectivity index (χ0) is 17.8. The molecule has 5 nitrogen and oxygen atoms in total. The maximum Gasteiger partial charge on any atom is 0.434 e. The number of fused-ring (bicyclic) bond motifs is 1. The molecule has 11 heteroatoms. The third-order valence-electron chi connectivity index (χ3n) is 3.29. The first kappa shape index (κ1) is 17.0. The molecule has 1 aromatic heterocycles. The molecule has 24 heavy (non-hydrogen) atoms. The highest BCUT2D eigenvalue weighted by Gasteiger charge is 2.40. The molecule has 3 rings (SSSR count). The maximum atomic E-state index is 14.4. The van der Waals surface area contributed by atoms with Gasteiger partial charge in [0.25, 0.3) is 5.91 Å². The predicted octanol–water partition coefficient (Wildman–Crippen LogP) is 3.99. The fourth-order valence-electron chi connectivity index (χ4n) is 2.37. The van der Waals surface area contributed by atoms with Gasteiger partial charge in [0.05, 0.1) is 20.7 Å². The van der Waals surface area contributed by atoms with E-state index < -0.39 is 28.1 Å². The number of hydrogen-bond donors (Lipinski definition) is 1. The molecule has 1 N–H and O–H groups in total. The Kier molecular flexibility index (Phi) is 3.99. The second kappa shape index (κ2) is 5.62. The summed E-state index contributed by atoms with van der Waals surface area (Å²) in [5, 5.41) is 5.98.